The number of aromatic nitrogens is 2. The van der Waals surface area contributed by atoms with Crippen LogP contribution < -0.4 is 5.56 Å². The molecule has 2 aromatic heterocycles. The third-order valence-corrected chi connectivity index (χ3v) is 7.12. The number of hydrogen-bond donors (Lipinski definition) is 1. The van der Waals surface area contributed by atoms with E-state index in [2.05, 4.69) is 9.88 Å². The zero-order valence-electron chi connectivity index (χ0n) is 17.0. The molecule has 0 saturated carbocycles. The van der Waals surface area contributed by atoms with E-state index in [1.54, 1.807) is 0 Å². The molecule has 3 aromatic rings. The number of ether oxygens (including phenoxy) is 1. The smallest absolute Gasteiger partial charge is 0.260 e. The summed E-state index contributed by atoms with van der Waals surface area (Å²) < 4.78 is 5.52. The Bertz CT molecular complexity index is 1160. The first kappa shape index (κ1) is 20.6. The first-order valence-corrected chi connectivity index (χ1v) is 11.7. The molecule has 0 radical (unpaired) electrons. The molecule has 1 aromatic carbocycles. The quantitative estimate of drug-likeness (QED) is 0.649. The standard InChI is InChI=1S/C22H23ClN4O3S/c23-16-5-2-1-4-14(16)15-13-31-21-19(15)20(28)24-18(25-21)12-26-7-9-27(10-8-26)22(29)17-6-3-11-30-17/h1-2,4-5,13,17H,3,6-12H2,(H,24,25,28). The van der Waals surface area contributed by atoms with Crippen molar-refractivity contribution in [3.05, 3.63) is 50.8 Å². The van der Waals surface area contributed by atoms with Gasteiger partial charge in [0.15, 0.2) is 0 Å². The van der Waals surface area contributed by atoms with Gasteiger partial charge in [-0.05, 0) is 18.9 Å². The number of thiophene rings is 1. The van der Waals surface area contributed by atoms with Gasteiger partial charge in [0.05, 0.1) is 11.9 Å². The number of aromatic amines is 1. The van der Waals surface area contributed by atoms with E-state index in [1.807, 2.05) is 34.5 Å². The van der Waals surface area contributed by atoms with Gasteiger partial charge in [-0.15, -0.1) is 11.3 Å². The topological polar surface area (TPSA) is 78.5 Å². The summed E-state index contributed by atoms with van der Waals surface area (Å²) in [4.78, 5) is 37.9. The highest BCUT2D eigenvalue weighted by Gasteiger charge is 2.30. The number of piperazine rings is 1. The molecule has 0 aliphatic carbocycles. The Morgan fingerprint density at radius 1 is 1.23 bits per heavy atom. The number of carbonyl (C=O) groups excluding carboxylic acids is 1. The molecular weight excluding hydrogens is 436 g/mol. The predicted molar refractivity (Wildman–Crippen MR) is 122 cm³/mol. The summed E-state index contributed by atoms with van der Waals surface area (Å²) in [7, 11) is 0. The molecule has 0 spiro atoms. The monoisotopic (exact) mass is 458 g/mol. The average Bonchev–Trinajstić information content (AvgIpc) is 3.45. The van der Waals surface area contributed by atoms with Crippen LogP contribution in [0.3, 0.4) is 0 Å². The van der Waals surface area contributed by atoms with E-state index in [1.165, 1.54) is 11.3 Å². The molecule has 4 heterocycles. The van der Waals surface area contributed by atoms with Gasteiger partial charge in [-0.3, -0.25) is 14.5 Å². The average molecular weight is 459 g/mol. The Hall–Kier alpha value is -2.26. The Morgan fingerprint density at radius 2 is 2.03 bits per heavy atom. The lowest BCUT2D eigenvalue weighted by molar-refractivity contribution is -0.142. The fourth-order valence-electron chi connectivity index (χ4n) is 4.26. The lowest BCUT2D eigenvalue weighted by Gasteiger charge is -2.35. The molecule has 31 heavy (non-hydrogen) atoms. The lowest BCUT2D eigenvalue weighted by Crippen LogP contribution is -2.51. The van der Waals surface area contributed by atoms with Crippen LogP contribution in [0.1, 0.15) is 18.7 Å². The third kappa shape index (κ3) is 4.13. The largest absolute Gasteiger partial charge is 0.368 e. The number of nitrogens with one attached hydrogen (secondary N) is 1. The molecule has 2 aliphatic heterocycles. The number of H-pyrrole nitrogens is 1. The second-order valence-electron chi connectivity index (χ2n) is 7.93. The van der Waals surface area contributed by atoms with Crippen LogP contribution >= 0.6 is 22.9 Å². The fourth-order valence-corrected chi connectivity index (χ4v) is 5.46. The maximum atomic E-state index is 12.9. The van der Waals surface area contributed by atoms with E-state index < -0.39 is 0 Å². The highest BCUT2D eigenvalue weighted by Crippen LogP contribution is 2.34. The van der Waals surface area contributed by atoms with Crippen molar-refractivity contribution in [2.24, 2.45) is 0 Å². The molecule has 1 amide bonds. The minimum absolute atomic E-state index is 0.107. The van der Waals surface area contributed by atoms with Crippen LogP contribution in [0.5, 0.6) is 0 Å². The maximum absolute atomic E-state index is 12.9. The van der Waals surface area contributed by atoms with Crippen LogP contribution in [0, 0.1) is 0 Å². The van der Waals surface area contributed by atoms with Gasteiger partial charge in [-0.2, -0.15) is 0 Å². The molecule has 5 rings (SSSR count). The summed E-state index contributed by atoms with van der Waals surface area (Å²) in [5.41, 5.74) is 1.50. The van der Waals surface area contributed by atoms with Crippen molar-refractivity contribution in [3.8, 4) is 11.1 Å². The number of carbonyl (C=O) groups is 1. The van der Waals surface area contributed by atoms with Crippen molar-refractivity contribution in [2.75, 3.05) is 32.8 Å². The lowest BCUT2D eigenvalue weighted by atomic mass is 10.1. The molecule has 2 fully saturated rings. The Labute approximate surface area is 188 Å². The van der Waals surface area contributed by atoms with Gasteiger partial charge in [0.25, 0.3) is 11.5 Å². The molecule has 162 valence electrons. The molecule has 1 N–H and O–H groups in total. The summed E-state index contributed by atoms with van der Waals surface area (Å²) in [6, 6.07) is 7.51. The molecule has 7 nitrogen and oxygen atoms in total. The fraction of sp³-hybridized carbons (Fsp3) is 0.409. The number of fused-ring (bicyclic) bond motifs is 1. The Morgan fingerprint density at radius 3 is 2.77 bits per heavy atom. The molecule has 1 unspecified atom stereocenters. The number of benzene rings is 1. The SMILES string of the molecule is O=C(C1CCCO1)N1CCN(Cc2nc3scc(-c4ccccc4Cl)c3c(=O)[nH]2)CC1. The molecule has 0 bridgehead atoms. The summed E-state index contributed by atoms with van der Waals surface area (Å²) in [6.07, 6.45) is 1.51. The van der Waals surface area contributed by atoms with Gasteiger partial charge >= 0.3 is 0 Å². The third-order valence-electron chi connectivity index (χ3n) is 5.92. The Balaban J connectivity index is 1.29. The molecule has 2 aliphatic rings. The van der Waals surface area contributed by atoms with E-state index in [0.717, 1.165) is 37.1 Å². The first-order chi connectivity index (χ1) is 15.1. The second kappa shape index (κ2) is 8.70. The van der Waals surface area contributed by atoms with E-state index in [-0.39, 0.29) is 17.6 Å². The normalized spacial score (nSPS) is 19.9. The second-order valence-corrected chi connectivity index (χ2v) is 9.19. The van der Waals surface area contributed by atoms with Crippen molar-refractivity contribution in [3.63, 3.8) is 0 Å². The molecular formula is C22H23ClN4O3S. The van der Waals surface area contributed by atoms with Crippen LogP contribution in [0.25, 0.3) is 21.3 Å². The van der Waals surface area contributed by atoms with Gasteiger partial charge in [0.1, 0.15) is 16.8 Å². The minimum atomic E-state index is -0.266. The summed E-state index contributed by atoms with van der Waals surface area (Å²) in [6.45, 7) is 4.05. The number of halogens is 1. The van der Waals surface area contributed by atoms with E-state index >= 15 is 0 Å². The van der Waals surface area contributed by atoms with Crippen molar-refractivity contribution in [1.29, 1.82) is 0 Å². The summed E-state index contributed by atoms with van der Waals surface area (Å²) >= 11 is 7.78. The van der Waals surface area contributed by atoms with Crippen molar-refractivity contribution < 1.29 is 9.53 Å². The van der Waals surface area contributed by atoms with Gasteiger partial charge in [-0.1, -0.05) is 29.8 Å². The molecule has 2 saturated heterocycles. The van der Waals surface area contributed by atoms with E-state index in [9.17, 15) is 9.59 Å². The number of rotatable bonds is 4. The van der Waals surface area contributed by atoms with Gasteiger partial charge in [0, 0.05) is 54.3 Å². The molecule has 9 heteroatoms. The first-order valence-electron chi connectivity index (χ1n) is 10.5. The highest BCUT2D eigenvalue weighted by atomic mass is 35.5. The van der Waals surface area contributed by atoms with Gasteiger partial charge in [-0.25, -0.2) is 4.98 Å². The van der Waals surface area contributed by atoms with Crippen LogP contribution in [0.4, 0.5) is 0 Å². The molecule has 1 atom stereocenters. The number of hydrogen-bond acceptors (Lipinski definition) is 6. The van der Waals surface area contributed by atoms with Crippen LogP contribution in [-0.4, -0.2) is 64.6 Å². The maximum Gasteiger partial charge on any atom is 0.260 e. The van der Waals surface area contributed by atoms with Gasteiger partial charge < -0.3 is 14.6 Å². The summed E-state index contributed by atoms with van der Waals surface area (Å²) in [5.74, 6) is 0.750. The van der Waals surface area contributed by atoms with Crippen LogP contribution in [0.15, 0.2) is 34.4 Å². The van der Waals surface area contributed by atoms with E-state index in [0.29, 0.717) is 47.3 Å². The van der Waals surface area contributed by atoms with Gasteiger partial charge in [0.2, 0.25) is 0 Å². The number of amides is 1. The van der Waals surface area contributed by atoms with Crippen LogP contribution in [-0.2, 0) is 16.1 Å². The van der Waals surface area contributed by atoms with E-state index in [4.69, 9.17) is 21.3 Å². The minimum Gasteiger partial charge on any atom is -0.368 e. The predicted octanol–water partition coefficient (Wildman–Crippen LogP) is 3.13. The summed E-state index contributed by atoms with van der Waals surface area (Å²) in [5, 5.41) is 3.13. The van der Waals surface area contributed by atoms with Crippen molar-refractivity contribution >= 4 is 39.1 Å². The zero-order chi connectivity index (χ0) is 21.4. The van der Waals surface area contributed by atoms with Crippen LogP contribution in [0.2, 0.25) is 5.02 Å². The number of nitrogens with zero attached hydrogens (tertiary/aromatic N) is 3. The highest BCUT2D eigenvalue weighted by molar-refractivity contribution is 7.17. The van der Waals surface area contributed by atoms with Crippen molar-refractivity contribution in [2.45, 2.75) is 25.5 Å². The Kier molecular flexibility index (Phi) is 5.79. The van der Waals surface area contributed by atoms with Crippen molar-refractivity contribution in [1.82, 2.24) is 19.8 Å². The zero-order valence-corrected chi connectivity index (χ0v) is 18.5.